The molecule has 0 fully saturated rings. The van der Waals surface area contributed by atoms with Crippen LogP contribution < -0.4 is 32.7 Å². The number of para-hydroxylation sites is 1. The summed E-state index contributed by atoms with van der Waals surface area (Å²) in [6.07, 6.45) is 2.25. The molecule has 39 heavy (non-hydrogen) atoms. The number of aromatic nitrogens is 1. The molecule has 2 rings (SSSR count). The first-order chi connectivity index (χ1) is 18.4. The first-order valence-electron chi connectivity index (χ1n) is 12.7. The number of hydrogen-bond donors (Lipinski definition) is 7. The normalized spacial score (nSPS) is 14.1. The van der Waals surface area contributed by atoms with Crippen molar-refractivity contribution < 1.29 is 28.8 Å². The van der Waals surface area contributed by atoms with Gasteiger partial charge in [-0.1, -0.05) is 32.0 Å². The molecule has 212 valence electrons. The van der Waals surface area contributed by atoms with Gasteiger partial charge in [-0.05, 0) is 30.9 Å². The molecule has 5 amide bonds. The third-order valence-electron chi connectivity index (χ3n) is 6.13. The van der Waals surface area contributed by atoms with E-state index in [4.69, 9.17) is 11.5 Å². The molecule has 0 spiro atoms. The zero-order valence-corrected chi connectivity index (χ0v) is 22.3. The minimum absolute atomic E-state index is 0.00413. The second-order valence-corrected chi connectivity index (χ2v) is 9.61. The van der Waals surface area contributed by atoms with Gasteiger partial charge in [-0.15, -0.1) is 0 Å². The van der Waals surface area contributed by atoms with Gasteiger partial charge < -0.3 is 42.5 Å². The molecule has 1 aromatic carbocycles. The number of amides is 5. The molecule has 1 aromatic heterocycles. The van der Waals surface area contributed by atoms with E-state index in [9.17, 15) is 28.8 Å². The van der Waals surface area contributed by atoms with Gasteiger partial charge in [0.2, 0.25) is 29.5 Å². The Kier molecular flexibility index (Phi) is 11.6. The van der Waals surface area contributed by atoms with Crippen LogP contribution in [-0.2, 0) is 35.2 Å². The molecule has 4 atom stereocenters. The smallest absolute Gasteiger partial charge is 0.243 e. The van der Waals surface area contributed by atoms with Crippen molar-refractivity contribution in [2.45, 2.75) is 64.2 Å². The van der Waals surface area contributed by atoms with E-state index in [1.165, 1.54) is 6.92 Å². The van der Waals surface area contributed by atoms with Crippen molar-refractivity contribution in [3.63, 3.8) is 0 Å². The zero-order valence-electron chi connectivity index (χ0n) is 22.3. The number of fused-ring (bicyclic) bond motifs is 1. The molecule has 0 aliphatic heterocycles. The molecule has 0 saturated carbocycles. The maximum Gasteiger partial charge on any atom is 0.243 e. The van der Waals surface area contributed by atoms with Gasteiger partial charge in [0.05, 0.1) is 12.6 Å². The fourth-order valence-electron chi connectivity index (χ4n) is 3.88. The summed E-state index contributed by atoms with van der Waals surface area (Å²) in [6, 6.07) is 3.26. The molecule has 0 aliphatic rings. The van der Waals surface area contributed by atoms with Crippen LogP contribution in [0.5, 0.6) is 0 Å². The predicted molar refractivity (Wildman–Crippen MR) is 144 cm³/mol. The van der Waals surface area contributed by atoms with Crippen molar-refractivity contribution in [3.05, 3.63) is 36.0 Å². The van der Waals surface area contributed by atoms with Crippen molar-refractivity contribution in [3.8, 4) is 0 Å². The highest BCUT2D eigenvalue weighted by Crippen LogP contribution is 2.19. The third kappa shape index (κ3) is 9.21. The van der Waals surface area contributed by atoms with Gasteiger partial charge in [-0.25, -0.2) is 0 Å². The molecular formula is C26H37N7O6. The summed E-state index contributed by atoms with van der Waals surface area (Å²) in [6.45, 7) is 4.70. The number of aromatic amines is 1. The maximum absolute atomic E-state index is 13.3. The van der Waals surface area contributed by atoms with E-state index in [1.54, 1.807) is 20.0 Å². The summed E-state index contributed by atoms with van der Waals surface area (Å²) in [7, 11) is 0. The second kappa shape index (κ2) is 14.6. The molecule has 9 N–H and O–H groups in total. The fraction of sp³-hybridized carbons (Fsp3) is 0.462. The van der Waals surface area contributed by atoms with E-state index in [2.05, 4.69) is 26.3 Å². The number of aldehydes is 1. The minimum Gasteiger partial charge on any atom is -0.370 e. The van der Waals surface area contributed by atoms with Gasteiger partial charge >= 0.3 is 0 Å². The molecule has 13 heteroatoms. The highest BCUT2D eigenvalue weighted by atomic mass is 16.2. The Hall–Kier alpha value is -4.26. The van der Waals surface area contributed by atoms with Crippen LogP contribution in [0.15, 0.2) is 30.5 Å². The van der Waals surface area contributed by atoms with Crippen molar-refractivity contribution in [2.75, 3.05) is 6.54 Å². The Morgan fingerprint density at radius 2 is 1.64 bits per heavy atom. The van der Waals surface area contributed by atoms with Crippen LogP contribution in [0.2, 0.25) is 0 Å². The highest BCUT2D eigenvalue weighted by Gasteiger charge is 2.30. The minimum atomic E-state index is -1.11. The number of primary amides is 1. The number of nitrogens with two attached hydrogens (primary N) is 2. The van der Waals surface area contributed by atoms with Gasteiger partial charge in [0.1, 0.15) is 24.4 Å². The van der Waals surface area contributed by atoms with Crippen LogP contribution in [0.4, 0.5) is 0 Å². The number of benzene rings is 1. The zero-order chi connectivity index (χ0) is 29.1. The van der Waals surface area contributed by atoms with Crippen molar-refractivity contribution >= 4 is 46.7 Å². The lowest BCUT2D eigenvalue weighted by atomic mass is 10.0. The van der Waals surface area contributed by atoms with E-state index in [0.29, 0.717) is 6.29 Å². The number of hydrogen-bond acceptors (Lipinski definition) is 7. The van der Waals surface area contributed by atoms with E-state index in [0.717, 1.165) is 16.5 Å². The summed E-state index contributed by atoms with van der Waals surface area (Å²) in [5, 5.41) is 11.0. The Morgan fingerprint density at radius 3 is 2.28 bits per heavy atom. The molecule has 0 radical (unpaired) electrons. The van der Waals surface area contributed by atoms with Gasteiger partial charge in [-0.2, -0.15) is 0 Å². The van der Waals surface area contributed by atoms with Gasteiger partial charge in [0.25, 0.3) is 0 Å². The predicted octanol–water partition coefficient (Wildman–Crippen LogP) is -1.25. The molecule has 0 bridgehead atoms. The Labute approximate surface area is 226 Å². The number of carbonyl (C=O) groups excluding carboxylic acids is 6. The number of nitrogens with one attached hydrogen (secondary N) is 5. The monoisotopic (exact) mass is 543 g/mol. The highest BCUT2D eigenvalue weighted by molar-refractivity contribution is 5.95. The number of rotatable bonds is 15. The summed E-state index contributed by atoms with van der Waals surface area (Å²) in [5.74, 6) is -3.35. The average molecular weight is 544 g/mol. The van der Waals surface area contributed by atoms with Crippen LogP contribution >= 0.6 is 0 Å². The van der Waals surface area contributed by atoms with Crippen LogP contribution in [0.1, 0.15) is 39.2 Å². The van der Waals surface area contributed by atoms with E-state index in [-0.39, 0.29) is 31.7 Å². The third-order valence-corrected chi connectivity index (χ3v) is 6.13. The van der Waals surface area contributed by atoms with Crippen LogP contribution in [0, 0.1) is 5.92 Å². The van der Waals surface area contributed by atoms with Crippen molar-refractivity contribution in [1.82, 2.24) is 26.3 Å². The van der Waals surface area contributed by atoms with Gasteiger partial charge in [0.15, 0.2) is 0 Å². The summed E-state index contributed by atoms with van der Waals surface area (Å²) in [4.78, 5) is 76.0. The lowest BCUT2D eigenvalue weighted by molar-refractivity contribution is -0.134. The van der Waals surface area contributed by atoms with Crippen LogP contribution in [-0.4, -0.2) is 71.5 Å². The number of carbonyl (C=O) groups is 6. The standard InChI is InChI=1S/C26H37N7O6/c1-14(2)22(26(39)29-10-11-34)33-23(36)15(3)31-25(38)20(32-24(37)18(27)8-9-21(28)35)12-16-13-30-19-7-5-4-6-17(16)19/h4-7,11,13-15,18,20,22,30H,8-10,12,27H2,1-3H3,(H2,28,35)(H,29,39)(H,31,38)(H,32,37)(H,33,36)/t15-,18?,20-,22-/m0/s1. The van der Waals surface area contributed by atoms with Crippen molar-refractivity contribution in [2.24, 2.45) is 17.4 Å². The molecule has 13 nitrogen and oxygen atoms in total. The van der Waals surface area contributed by atoms with Gasteiger partial charge in [0, 0.05) is 29.9 Å². The van der Waals surface area contributed by atoms with E-state index >= 15 is 0 Å². The molecule has 0 aliphatic carbocycles. The summed E-state index contributed by atoms with van der Waals surface area (Å²) in [5.41, 5.74) is 12.6. The Balaban J connectivity index is 2.17. The first-order valence-corrected chi connectivity index (χ1v) is 12.7. The molecule has 2 aromatic rings. The largest absolute Gasteiger partial charge is 0.370 e. The van der Waals surface area contributed by atoms with E-state index in [1.807, 2.05) is 24.3 Å². The molecule has 1 heterocycles. The lowest BCUT2D eigenvalue weighted by Crippen LogP contribution is -2.58. The summed E-state index contributed by atoms with van der Waals surface area (Å²) < 4.78 is 0. The van der Waals surface area contributed by atoms with E-state index < -0.39 is 53.7 Å². The molecular weight excluding hydrogens is 506 g/mol. The first kappa shape index (κ1) is 31.0. The maximum atomic E-state index is 13.3. The van der Waals surface area contributed by atoms with Crippen LogP contribution in [0.25, 0.3) is 10.9 Å². The molecule has 0 saturated heterocycles. The van der Waals surface area contributed by atoms with Crippen LogP contribution in [0.3, 0.4) is 0 Å². The topological polar surface area (TPSA) is 218 Å². The van der Waals surface area contributed by atoms with Crippen molar-refractivity contribution in [1.29, 1.82) is 0 Å². The summed E-state index contributed by atoms with van der Waals surface area (Å²) >= 11 is 0. The quantitative estimate of drug-likeness (QED) is 0.135. The SMILES string of the molecule is CC(C)[C@H](NC(=O)[C@H](C)NC(=O)[C@H](Cc1c[nH]c2ccccc12)NC(=O)C(N)CCC(N)=O)C(=O)NCC=O. The van der Waals surface area contributed by atoms with Gasteiger partial charge in [-0.3, -0.25) is 24.0 Å². The Bertz CT molecular complexity index is 1190. The molecule has 1 unspecified atom stereocenters. The average Bonchev–Trinajstić information content (AvgIpc) is 3.30. The second-order valence-electron chi connectivity index (χ2n) is 9.61. The fourth-order valence-corrected chi connectivity index (χ4v) is 3.88. The number of H-pyrrole nitrogens is 1. The lowest BCUT2D eigenvalue weighted by Gasteiger charge is -2.25. The Morgan fingerprint density at radius 1 is 0.949 bits per heavy atom.